The van der Waals surface area contributed by atoms with Gasteiger partial charge >= 0.3 is 0 Å². The van der Waals surface area contributed by atoms with Crippen LogP contribution in [-0.2, 0) is 9.59 Å². The predicted octanol–water partition coefficient (Wildman–Crippen LogP) is 2.16. The molecule has 27 heavy (non-hydrogen) atoms. The van der Waals surface area contributed by atoms with Crippen LogP contribution in [0.1, 0.15) is 57.0 Å². The van der Waals surface area contributed by atoms with Gasteiger partial charge in [-0.15, -0.1) is 0 Å². The van der Waals surface area contributed by atoms with Crippen molar-refractivity contribution in [2.45, 2.75) is 59.6 Å². The average molecular weight is 375 g/mol. The van der Waals surface area contributed by atoms with Crippen LogP contribution in [0.4, 0.5) is 5.69 Å². The standard InChI is InChI=1S/C20H29N3O4/c1-7-17(24)21-8-9-23-15-11-14(18(25)22-12(2)3)13(4)10-16(15)27-20(5,6)19(23)26/h10-12H,7-9H2,1-6H3,(H,21,24)(H,22,25). The van der Waals surface area contributed by atoms with Crippen LogP contribution in [0.2, 0.25) is 0 Å². The van der Waals surface area contributed by atoms with E-state index in [1.807, 2.05) is 20.8 Å². The van der Waals surface area contributed by atoms with Crippen LogP contribution >= 0.6 is 0 Å². The van der Waals surface area contributed by atoms with E-state index in [0.717, 1.165) is 5.56 Å². The lowest BCUT2D eigenvalue weighted by atomic mass is 9.99. The first-order valence-corrected chi connectivity index (χ1v) is 9.30. The number of rotatable bonds is 6. The Bertz CT molecular complexity index is 756. The van der Waals surface area contributed by atoms with Crippen LogP contribution in [0.25, 0.3) is 0 Å². The highest BCUT2D eigenvalue weighted by Gasteiger charge is 2.41. The van der Waals surface area contributed by atoms with Crippen molar-refractivity contribution in [1.29, 1.82) is 0 Å². The van der Waals surface area contributed by atoms with Crippen molar-refractivity contribution in [3.05, 3.63) is 23.3 Å². The first-order valence-electron chi connectivity index (χ1n) is 9.30. The lowest BCUT2D eigenvalue weighted by Gasteiger charge is -2.39. The summed E-state index contributed by atoms with van der Waals surface area (Å²) in [6, 6.07) is 3.48. The number of benzene rings is 1. The number of nitrogens with one attached hydrogen (secondary N) is 2. The fraction of sp³-hybridized carbons (Fsp3) is 0.550. The summed E-state index contributed by atoms with van der Waals surface area (Å²) < 4.78 is 5.90. The van der Waals surface area contributed by atoms with Crippen LogP contribution in [0.3, 0.4) is 0 Å². The predicted molar refractivity (Wildman–Crippen MR) is 104 cm³/mol. The highest BCUT2D eigenvalue weighted by atomic mass is 16.5. The minimum absolute atomic E-state index is 0.00473. The Morgan fingerprint density at radius 2 is 1.93 bits per heavy atom. The molecule has 7 nitrogen and oxygen atoms in total. The number of anilines is 1. The molecule has 0 atom stereocenters. The zero-order valence-corrected chi connectivity index (χ0v) is 16.9. The van der Waals surface area contributed by atoms with Gasteiger partial charge in [0.2, 0.25) is 5.91 Å². The highest BCUT2D eigenvalue weighted by Crippen LogP contribution is 2.39. The number of aryl methyl sites for hydroxylation is 1. The molecule has 2 N–H and O–H groups in total. The maximum absolute atomic E-state index is 12.9. The molecule has 0 fully saturated rings. The van der Waals surface area contributed by atoms with Crippen molar-refractivity contribution in [3.63, 3.8) is 0 Å². The Kier molecular flexibility index (Phi) is 6.13. The van der Waals surface area contributed by atoms with E-state index in [9.17, 15) is 14.4 Å². The summed E-state index contributed by atoms with van der Waals surface area (Å²) in [6.45, 7) is 11.5. The fourth-order valence-electron chi connectivity index (χ4n) is 2.95. The summed E-state index contributed by atoms with van der Waals surface area (Å²) in [4.78, 5) is 38.5. The minimum atomic E-state index is -1.02. The molecule has 2 rings (SSSR count). The molecule has 7 heteroatoms. The highest BCUT2D eigenvalue weighted by molar-refractivity contribution is 6.05. The van der Waals surface area contributed by atoms with E-state index in [0.29, 0.717) is 36.5 Å². The van der Waals surface area contributed by atoms with E-state index < -0.39 is 5.60 Å². The molecule has 0 radical (unpaired) electrons. The monoisotopic (exact) mass is 375 g/mol. The Hall–Kier alpha value is -2.57. The molecule has 3 amide bonds. The minimum Gasteiger partial charge on any atom is -0.476 e. The van der Waals surface area contributed by atoms with E-state index >= 15 is 0 Å². The molecule has 148 valence electrons. The van der Waals surface area contributed by atoms with Crippen molar-refractivity contribution in [3.8, 4) is 5.75 Å². The summed E-state index contributed by atoms with van der Waals surface area (Å²) in [5, 5.41) is 5.65. The van der Waals surface area contributed by atoms with Gasteiger partial charge in [0, 0.05) is 31.1 Å². The summed E-state index contributed by atoms with van der Waals surface area (Å²) in [6.07, 6.45) is 0.387. The van der Waals surface area contributed by atoms with Gasteiger partial charge in [0.05, 0.1) is 5.69 Å². The Labute approximate surface area is 160 Å². The molecule has 0 aliphatic carbocycles. The van der Waals surface area contributed by atoms with Gasteiger partial charge in [-0.1, -0.05) is 6.92 Å². The van der Waals surface area contributed by atoms with Crippen LogP contribution in [0.5, 0.6) is 5.75 Å². The van der Waals surface area contributed by atoms with Crippen LogP contribution < -0.4 is 20.3 Å². The molecule has 0 unspecified atom stereocenters. The van der Waals surface area contributed by atoms with Crippen LogP contribution in [0.15, 0.2) is 12.1 Å². The topological polar surface area (TPSA) is 87.7 Å². The van der Waals surface area contributed by atoms with Gasteiger partial charge in [0.25, 0.3) is 11.8 Å². The van der Waals surface area contributed by atoms with Crippen molar-refractivity contribution < 1.29 is 19.1 Å². The normalized spacial score (nSPS) is 15.2. The third kappa shape index (κ3) is 4.59. The average Bonchev–Trinajstić information content (AvgIpc) is 2.56. The number of carbonyl (C=O) groups excluding carboxylic acids is 3. The molecular formula is C20H29N3O4. The second-order valence-electron chi connectivity index (χ2n) is 7.54. The third-order valence-corrected chi connectivity index (χ3v) is 4.37. The van der Waals surface area contributed by atoms with E-state index in [4.69, 9.17) is 4.74 Å². The smallest absolute Gasteiger partial charge is 0.270 e. The van der Waals surface area contributed by atoms with Gasteiger partial charge in [0.15, 0.2) is 5.60 Å². The van der Waals surface area contributed by atoms with E-state index in [1.165, 1.54) is 0 Å². The summed E-state index contributed by atoms with van der Waals surface area (Å²) in [7, 11) is 0. The molecule has 0 bridgehead atoms. The number of nitrogens with zero attached hydrogens (tertiary/aromatic N) is 1. The number of carbonyl (C=O) groups is 3. The van der Waals surface area contributed by atoms with Gasteiger partial charge in [-0.25, -0.2) is 0 Å². The molecular weight excluding hydrogens is 346 g/mol. The van der Waals surface area contributed by atoms with Gasteiger partial charge < -0.3 is 20.3 Å². The van der Waals surface area contributed by atoms with Crippen LogP contribution in [-0.4, -0.2) is 42.5 Å². The molecule has 1 aromatic carbocycles. The van der Waals surface area contributed by atoms with Crippen molar-refractivity contribution in [2.24, 2.45) is 0 Å². The quantitative estimate of drug-likeness (QED) is 0.798. The lowest BCUT2D eigenvalue weighted by molar-refractivity contribution is -0.132. The third-order valence-electron chi connectivity index (χ3n) is 4.37. The summed E-state index contributed by atoms with van der Waals surface area (Å²) in [5.74, 6) is 0.0813. The largest absolute Gasteiger partial charge is 0.476 e. The molecule has 0 spiro atoms. The zero-order chi connectivity index (χ0) is 20.4. The Balaban J connectivity index is 2.39. The van der Waals surface area contributed by atoms with Gasteiger partial charge in [-0.05, 0) is 52.3 Å². The van der Waals surface area contributed by atoms with E-state index in [-0.39, 0.29) is 23.8 Å². The first kappa shape index (κ1) is 20.7. The Morgan fingerprint density at radius 1 is 1.26 bits per heavy atom. The van der Waals surface area contributed by atoms with Gasteiger partial charge in [-0.3, -0.25) is 14.4 Å². The molecule has 1 aliphatic rings. The zero-order valence-electron chi connectivity index (χ0n) is 16.9. The number of hydrogen-bond donors (Lipinski definition) is 2. The first-order chi connectivity index (χ1) is 12.6. The molecule has 1 aromatic rings. The molecule has 0 aromatic heterocycles. The molecule has 1 heterocycles. The van der Waals surface area contributed by atoms with Gasteiger partial charge in [0.1, 0.15) is 5.75 Å². The lowest BCUT2D eigenvalue weighted by Crippen LogP contribution is -2.54. The summed E-state index contributed by atoms with van der Waals surface area (Å²) in [5.41, 5.74) is 0.803. The van der Waals surface area contributed by atoms with Crippen molar-refractivity contribution in [1.82, 2.24) is 10.6 Å². The second kappa shape index (κ2) is 7.98. The molecule has 0 saturated carbocycles. The molecule has 1 aliphatic heterocycles. The number of hydrogen-bond acceptors (Lipinski definition) is 4. The molecule has 0 saturated heterocycles. The van der Waals surface area contributed by atoms with Gasteiger partial charge in [-0.2, -0.15) is 0 Å². The summed E-state index contributed by atoms with van der Waals surface area (Å²) >= 11 is 0. The SMILES string of the molecule is CCC(=O)NCCN1C(=O)C(C)(C)Oc2cc(C)c(C(=O)NC(C)C)cc21. The number of amides is 3. The fourth-order valence-corrected chi connectivity index (χ4v) is 2.95. The van der Waals surface area contributed by atoms with E-state index in [2.05, 4.69) is 10.6 Å². The number of ether oxygens (including phenoxy) is 1. The number of fused-ring (bicyclic) bond motifs is 1. The van der Waals surface area contributed by atoms with E-state index in [1.54, 1.807) is 37.8 Å². The maximum Gasteiger partial charge on any atom is 0.270 e. The van der Waals surface area contributed by atoms with Crippen molar-refractivity contribution >= 4 is 23.4 Å². The maximum atomic E-state index is 12.9. The van der Waals surface area contributed by atoms with Crippen molar-refractivity contribution in [2.75, 3.05) is 18.0 Å². The Morgan fingerprint density at radius 3 is 2.52 bits per heavy atom. The second-order valence-corrected chi connectivity index (χ2v) is 7.54. The van der Waals surface area contributed by atoms with Crippen LogP contribution in [0, 0.1) is 6.92 Å².